The first-order valence-corrected chi connectivity index (χ1v) is 11.1. The molecule has 0 aliphatic carbocycles. The maximum absolute atomic E-state index is 13.5. The van der Waals surface area contributed by atoms with Crippen molar-refractivity contribution in [3.05, 3.63) is 30.5 Å². The number of hydrogen-bond acceptors (Lipinski definition) is 6. The van der Waals surface area contributed by atoms with Gasteiger partial charge >= 0.3 is 0 Å². The predicted octanol–water partition coefficient (Wildman–Crippen LogP) is 1.96. The Morgan fingerprint density at radius 3 is 2.50 bits per heavy atom. The summed E-state index contributed by atoms with van der Waals surface area (Å²) in [5.41, 5.74) is 1.11. The number of carbonyl (C=O) groups excluding carboxylic acids is 2. The third kappa shape index (κ3) is 4.52. The minimum atomic E-state index is -0.724. The summed E-state index contributed by atoms with van der Waals surface area (Å²) in [5, 5.41) is 21.2. The zero-order valence-electron chi connectivity index (χ0n) is 18.0. The number of aliphatic hydroxyl groups is 1. The van der Waals surface area contributed by atoms with Gasteiger partial charge in [0.1, 0.15) is 17.8 Å². The SMILES string of the molecule is CNC(=O)[C@H]1CC(O)CN1C(=O)C(n1cc(-c2ccc(SC)cc2)nn1)C(C)(C)C. The van der Waals surface area contributed by atoms with Crippen molar-refractivity contribution >= 4 is 23.6 Å². The van der Waals surface area contributed by atoms with E-state index in [1.807, 2.05) is 51.3 Å². The lowest BCUT2D eigenvalue weighted by molar-refractivity contribution is -0.144. The molecule has 30 heavy (non-hydrogen) atoms. The molecule has 0 spiro atoms. The van der Waals surface area contributed by atoms with Gasteiger partial charge in [-0.2, -0.15) is 0 Å². The van der Waals surface area contributed by atoms with Crippen LogP contribution in [0.4, 0.5) is 0 Å². The van der Waals surface area contributed by atoms with Crippen molar-refractivity contribution in [3.63, 3.8) is 0 Å². The molecule has 0 bridgehead atoms. The van der Waals surface area contributed by atoms with E-state index in [1.54, 1.807) is 22.6 Å². The molecule has 0 saturated carbocycles. The molecule has 1 aromatic carbocycles. The van der Waals surface area contributed by atoms with Crippen molar-refractivity contribution in [2.75, 3.05) is 19.8 Å². The van der Waals surface area contributed by atoms with Crippen molar-refractivity contribution in [1.82, 2.24) is 25.2 Å². The molecule has 1 fully saturated rings. The largest absolute Gasteiger partial charge is 0.391 e. The highest BCUT2D eigenvalue weighted by atomic mass is 32.2. The number of nitrogens with one attached hydrogen (secondary N) is 1. The molecule has 3 atom stereocenters. The minimum absolute atomic E-state index is 0.126. The number of rotatable bonds is 5. The molecular weight excluding hydrogens is 402 g/mol. The standard InChI is InChI=1S/C21H29N5O3S/c1-21(2,3)18(20(29)25-11-14(27)10-17(25)19(28)22-4)26-12-16(23-24-26)13-6-8-15(30-5)9-7-13/h6-9,12,14,17-18,27H,10-11H2,1-5H3,(H,22,28)/t14?,17-,18?/m1/s1. The Balaban J connectivity index is 1.92. The summed E-state index contributed by atoms with van der Waals surface area (Å²) in [7, 11) is 1.53. The number of thioether (sulfide) groups is 1. The summed E-state index contributed by atoms with van der Waals surface area (Å²) in [6.07, 6.45) is 3.29. The lowest BCUT2D eigenvalue weighted by Crippen LogP contribution is -2.49. The van der Waals surface area contributed by atoms with E-state index in [2.05, 4.69) is 15.6 Å². The molecule has 3 rings (SSSR count). The minimum Gasteiger partial charge on any atom is -0.391 e. The van der Waals surface area contributed by atoms with E-state index in [0.29, 0.717) is 5.69 Å². The zero-order valence-corrected chi connectivity index (χ0v) is 18.8. The molecule has 2 amide bonds. The van der Waals surface area contributed by atoms with Crippen LogP contribution in [0.5, 0.6) is 0 Å². The van der Waals surface area contributed by atoms with Gasteiger partial charge in [0, 0.05) is 30.5 Å². The van der Waals surface area contributed by atoms with Crippen molar-refractivity contribution in [2.24, 2.45) is 5.41 Å². The van der Waals surface area contributed by atoms with Crippen LogP contribution in [0.1, 0.15) is 33.2 Å². The summed E-state index contributed by atoms with van der Waals surface area (Å²) in [5.74, 6) is -0.525. The lowest BCUT2D eigenvalue weighted by Gasteiger charge is -2.34. The Hall–Kier alpha value is -2.39. The third-order valence-electron chi connectivity index (χ3n) is 5.33. The fourth-order valence-electron chi connectivity index (χ4n) is 3.81. The first kappa shape index (κ1) is 22.3. The second kappa shape index (κ2) is 8.77. The first-order valence-electron chi connectivity index (χ1n) is 9.92. The average Bonchev–Trinajstić information content (AvgIpc) is 3.33. The van der Waals surface area contributed by atoms with E-state index in [-0.39, 0.29) is 24.8 Å². The molecule has 1 aliphatic heterocycles. The van der Waals surface area contributed by atoms with Crippen LogP contribution in [0.2, 0.25) is 0 Å². The van der Waals surface area contributed by atoms with Gasteiger partial charge in [-0.3, -0.25) is 9.59 Å². The Bertz CT molecular complexity index is 906. The van der Waals surface area contributed by atoms with Crippen molar-refractivity contribution < 1.29 is 14.7 Å². The number of aliphatic hydroxyl groups excluding tert-OH is 1. The second-order valence-corrected chi connectivity index (χ2v) is 9.47. The number of β-amino-alcohol motifs (C(OH)–C–C–N with tert-alkyl or cyclic N) is 1. The van der Waals surface area contributed by atoms with Crippen LogP contribution in [-0.2, 0) is 9.59 Å². The maximum atomic E-state index is 13.5. The summed E-state index contributed by atoms with van der Waals surface area (Å²) >= 11 is 1.66. The van der Waals surface area contributed by atoms with Gasteiger partial charge in [-0.05, 0) is 23.8 Å². The Morgan fingerprint density at radius 1 is 1.27 bits per heavy atom. The summed E-state index contributed by atoms with van der Waals surface area (Å²) < 4.78 is 1.58. The topological polar surface area (TPSA) is 100 Å². The highest BCUT2D eigenvalue weighted by molar-refractivity contribution is 7.98. The molecule has 1 saturated heterocycles. The van der Waals surface area contributed by atoms with Crippen LogP contribution < -0.4 is 5.32 Å². The molecule has 1 aliphatic rings. The van der Waals surface area contributed by atoms with E-state index < -0.39 is 23.6 Å². The molecule has 2 unspecified atom stereocenters. The number of carbonyl (C=O) groups is 2. The molecule has 162 valence electrons. The van der Waals surface area contributed by atoms with E-state index >= 15 is 0 Å². The predicted molar refractivity (Wildman–Crippen MR) is 116 cm³/mol. The number of hydrogen-bond donors (Lipinski definition) is 2. The van der Waals surface area contributed by atoms with Crippen LogP contribution in [0.25, 0.3) is 11.3 Å². The highest BCUT2D eigenvalue weighted by Crippen LogP contribution is 2.35. The van der Waals surface area contributed by atoms with Gasteiger partial charge in [0.2, 0.25) is 11.8 Å². The third-order valence-corrected chi connectivity index (χ3v) is 6.07. The fraction of sp³-hybridized carbons (Fsp3) is 0.524. The highest BCUT2D eigenvalue weighted by Gasteiger charge is 2.45. The second-order valence-electron chi connectivity index (χ2n) is 8.59. The van der Waals surface area contributed by atoms with Gasteiger partial charge in [-0.1, -0.05) is 38.1 Å². The molecule has 1 aromatic heterocycles. The van der Waals surface area contributed by atoms with Gasteiger partial charge in [0.25, 0.3) is 0 Å². The Morgan fingerprint density at radius 2 is 1.93 bits per heavy atom. The van der Waals surface area contributed by atoms with Gasteiger partial charge in [-0.15, -0.1) is 16.9 Å². The summed E-state index contributed by atoms with van der Waals surface area (Å²) in [4.78, 5) is 28.4. The molecule has 2 aromatic rings. The van der Waals surface area contributed by atoms with Gasteiger partial charge < -0.3 is 15.3 Å². The quantitative estimate of drug-likeness (QED) is 0.702. The summed E-state index contributed by atoms with van der Waals surface area (Å²) in [6.45, 7) is 5.98. The first-order chi connectivity index (χ1) is 14.2. The maximum Gasteiger partial charge on any atom is 0.248 e. The molecule has 9 heteroatoms. The number of aromatic nitrogens is 3. The Kier molecular flexibility index (Phi) is 6.52. The van der Waals surface area contributed by atoms with Crippen molar-refractivity contribution in [3.8, 4) is 11.3 Å². The zero-order chi connectivity index (χ0) is 22.1. The summed E-state index contributed by atoms with van der Waals surface area (Å²) in [6, 6.07) is 6.64. The van der Waals surface area contributed by atoms with E-state index in [9.17, 15) is 14.7 Å². The smallest absolute Gasteiger partial charge is 0.248 e. The van der Waals surface area contributed by atoms with Gasteiger partial charge in [-0.25, -0.2) is 4.68 Å². The van der Waals surface area contributed by atoms with Gasteiger partial charge in [0.15, 0.2) is 0 Å². The monoisotopic (exact) mass is 431 g/mol. The number of amides is 2. The van der Waals surface area contributed by atoms with Crippen LogP contribution in [0, 0.1) is 5.41 Å². The number of benzene rings is 1. The van der Waals surface area contributed by atoms with Crippen LogP contribution in [0.3, 0.4) is 0 Å². The fourth-order valence-corrected chi connectivity index (χ4v) is 4.22. The van der Waals surface area contributed by atoms with Crippen molar-refractivity contribution in [2.45, 2.75) is 50.3 Å². The van der Waals surface area contributed by atoms with Crippen LogP contribution >= 0.6 is 11.8 Å². The molecule has 2 heterocycles. The Labute approximate surface area is 181 Å². The molecular formula is C21H29N5O3S. The van der Waals surface area contributed by atoms with Crippen LogP contribution in [-0.4, -0.2) is 68.8 Å². The number of nitrogens with zero attached hydrogens (tertiary/aromatic N) is 4. The van der Waals surface area contributed by atoms with E-state index in [1.165, 1.54) is 11.9 Å². The number of likely N-dealkylation sites (tertiary alicyclic amines) is 1. The molecule has 8 nitrogen and oxygen atoms in total. The molecule has 2 N–H and O–H groups in total. The average molecular weight is 432 g/mol. The normalized spacial score (nSPS) is 20.3. The van der Waals surface area contributed by atoms with Gasteiger partial charge in [0.05, 0.1) is 12.3 Å². The van der Waals surface area contributed by atoms with E-state index in [4.69, 9.17) is 0 Å². The molecule has 0 radical (unpaired) electrons. The van der Waals surface area contributed by atoms with Crippen molar-refractivity contribution in [1.29, 1.82) is 0 Å². The lowest BCUT2D eigenvalue weighted by atomic mass is 9.85. The van der Waals surface area contributed by atoms with Crippen LogP contribution in [0.15, 0.2) is 35.4 Å². The van der Waals surface area contributed by atoms with E-state index in [0.717, 1.165) is 10.5 Å². The number of likely N-dealkylation sites (N-methyl/N-ethyl adjacent to an activating group) is 1.